The number of benzene rings is 1. The van der Waals surface area contributed by atoms with Crippen molar-refractivity contribution in [2.45, 2.75) is 39.0 Å². The smallest absolute Gasteiger partial charge is 0.220 e. The van der Waals surface area contributed by atoms with Crippen molar-refractivity contribution < 1.29 is 4.79 Å². The van der Waals surface area contributed by atoms with E-state index in [0.717, 1.165) is 37.0 Å². The summed E-state index contributed by atoms with van der Waals surface area (Å²) in [6.07, 6.45) is 8.11. The Morgan fingerprint density at radius 1 is 1.08 bits per heavy atom. The van der Waals surface area contributed by atoms with Crippen LogP contribution in [0.1, 0.15) is 36.2 Å². The van der Waals surface area contributed by atoms with E-state index >= 15 is 0 Å². The van der Waals surface area contributed by atoms with E-state index in [-0.39, 0.29) is 5.91 Å². The molecule has 0 spiro atoms. The molecule has 2 heterocycles. The molecular formula is C21H25N3O. The van der Waals surface area contributed by atoms with Crippen LogP contribution in [0.15, 0.2) is 54.9 Å². The first-order valence-corrected chi connectivity index (χ1v) is 8.96. The van der Waals surface area contributed by atoms with Crippen molar-refractivity contribution >= 4 is 11.4 Å². The maximum atomic E-state index is 12.0. The summed E-state index contributed by atoms with van der Waals surface area (Å²) in [5.41, 5.74) is 3.74. The van der Waals surface area contributed by atoms with Crippen LogP contribution in [-0.2, 0) is 17.6 Å². The number of rotatable bonds is 8. The van der Waals surface area contributed by atoms with Gasteiger partial charge in [-0.15, -0.1) is 0 Å². The van der Waals surface area contributed by atoms with Gasteiger partial charge in [-0.05, 0) is 49.4 Å². The fourth-order valence-electron chi connectivity index (χ4n) is 3.08. The molecule has 1 amide bonds. The normalized spacial score (nSPS) is 10.9. The van der Waals surface area contributed by atoms with Crippen LogP contribution in [0.25, 0.3) is 5.52 Å². The Labute approximate surface area is 148 Å². The number of nitrogens with one attached hydrogen (secondary N) is 1. The topological polar surface area (TPSA) is 46.4 Å². The van der Waals surface area contributed by atoms with Gasteiger partial charge in [-0.2, -0.15) is 0 Å². The summed E-state index contributed by atoms with van der Waals surface area (Å²) in [4.78, 5) is 16.4. The summed E-state index contributed by atoms with van der Waals surface area (Å²) in [6, 6.07) is 14.4. The Balaban J connectivity index is 1.35. The minimum atomic E-state index is 0.140. The summed E-state index contributed by atoms with van der Waals surface area (Å²) < 4.78 is 2.10. The molecule has 0 radical (unpaired) electrons. The highest BCUT2D eigenvalue weighted by atomic mass is 16.1. The van der Waals surface area contributed by atoms with Gasteiger partial charge in [0, 0.05) is 25.6 Å². The van der Waals surface area contributed by atoms with Crippen LogP contribution in [0.5, 0.6) is 0 Å². The van der Waals surface area contributed by atoms with Gasteiger partial charge in [-0.1, -0.05) is 30.3 Å². The van der Waals surface area contributed by atoms with Gasteiger partial charge >= 0.3 is 0 Å². The Bertz CT molecular complexity index is 838. The lowest BCUT2D eigenvalue weighted by Crippen LogP contribution is -2.24. The molecule has 1 aromatic carbocycles. The zero-order valence-electron chi connectivity index (χ0n) is 14.7. The van der Waals surface area contributed by atoms with Crippen LogP contribution in [0, 0.1) is 6.92 Å². The number of carbonyl (C=O) groups is 1. The maximum Gasteiger partial charge on any atom is 0.220 e. The van der Waals surface area contributed by atoms with Crippen molar-refractivity contribution in [1.82, 2.24) is 14.7 Å². The summed E-state index contributed by atoms with van der Waals surface area (Å²) in [5.74, 6) is 1.19. The predicted molar refractivity (Wildman–Crippen MR) is 101 cm³/mol. The third-order valence-electron chi connectivity index (χ3n) is 4.53. The molecule has 0 aliphatic carbocycles. The molecule has 2 aromatic heterocycles. The summed E-state index contributed by atoms with van der Waals surface area (Å²) >= 11 is 0. The van der Waals surface area contributed by atoms with E-state index in [1.165, 1.54) is 11.1 Å². The molecule has 0 saturated carbocycles. The molecule has 0 unspecified atom stereocenters. The standard InChI is InChI=1S/C21H25N3O/c1-17-8-2-3-9-18(17)10-6-13-21(25)22-14-7-12-20-23-16-19-11-4-5-15-24(19)20/h2-5,8-9,11,15-16H,6-7,10,12-14H2,1H3,(H,22,25). The minimum absolute atomic E-state index is 0.140. The highest BCUT2D eigenvalue weighted by Gasteiger charge is 2.05. The first-order valence-electron chi connectivity index (χ1n) is 8.96. The van der Waals surface area contributed by atoms with Crippen molar-refractivity contribution in [3.63, 3.8) is 0 Å². The van der Waals surface area contributed by atoms with Crippen LogP contribution >= 0.6 is 0 Å². The monoisotopic (exact) mass is 335 g/mol. The molecule has 3 rings (SSSR count). The zero-order valence-corrected chi connectivity index (χ0v) is 14.7. The third kappa shape index (κ3) is 4.69. The first-order chi connectivity index (χ1) is 12.2. The van der Waals surface area contributed by atoms with E-state index in [9.17, 15) is 4.79 Å². The second-order valence-corrected chi connectivity index (χ2v) is 6.40. The summed E-state index contributed by atoms with van der Waals surface area (Å²) in [5, 5.41) is 3.02. The zero-order chi connectivity index (χ0) is 17.5. The third-order valence-corrected chi connectivity index (χ3v) is 4.53. The van der Waals surface area contributed by atoms with Crippen LogP contribution in [0.2, 0.25) is 0 Å². The maximum absolute atomic E-state index is 12.0. The molecule has 0 bridgehead atoms. The molecule has 3 aromatic rings. The van der Waals surface area contributed by atoms with Crippen molar-refractivity contribution in [1.29, 1.82) is 0 Å². The Morgan fingerprint density at radius 3 is 2.80 bits per heavy atom. The lowest BCUT2D eigenvalue weighted by atomic mass is 10.0. The number of nitrogens with zero attached hydrogens (tertiary/aromatic N) is 2. The Hall–Kier alpha value is -2.62. The number of aromatic nitrogens is 2. The Morgan fingerprint density at radius 2 is 1.92 bits per heavy atom. The van der Waals surface area contributed by atoms with Crippen molar-refractivity contribution in [3.05, 3.63) is 71.8 Å². The molecule has 4 heteroatoms. The Kier molecular flexibility index (Phi) is 5.83. The van der Waals surface area contributed by atoms with Crippen LogP contribution in [0.3, 0.4) is 0 Å². The van der Waals surface area contributed by atoms with Gasteiger partial charge in [0.25, 0.3) is 0 Å². The van der Waals surface area contributed by atoms with E-state index in [4.69, 9.17) is 0 Å². The van der Waals surface area contributed by atoms with E-state index in [1.54, 1.807) is 0 Å². The van der Waals surface area contributed by atoms with E-state index in [1.807, 2.05) is 30.6 Å². The molecule has 1 N–H and O–H groups in total. The fourth-order valence-corrected chi connectivity index (χ4v) is 3.08. The number of fused-ring (bicyclic) bond motifs is 1. The number of pyridine rings is 1. The predicted octanol–water partition coefficient (Wildman–Crippen LogP) is 3.71. The van der Waals surface area contributed by atoms with Crippen LogP contribution in [0.4, 0.5) is 0 Å². The second-order valence-electron chi connectivity index (χ2n) is 6.40. The van der Waals surface area contributed by atoms with Gasteiger partial charge in [0.05, 0.1) is 11.7 Å². The number of amides is 1. The molecule has 0 atom stereocenters. The number of carbonyl (C=O) groups excluding carboxylic acids is 1. The van der Waals surface area contributed by atoms with Crippen molar-refractivity contribution in [3.8, 4) is 0 Å². The average Bonchev–Trinajstić information content (AvgIpc) is 3.04. The van der Waals surface area contributed by atoms with E-state index in [0.29, 0.717) is 13.0 Å². The van der Waals surface area contributed by atoms with Crippen molar-refractivity contribution in [2.75, 3.05) is 6.54 Å². The first kappa shape index (κ1) is 17.2. The molecule has 25 heavy (non-hydrogen) atoms. The molecule has 130 valence electrons. The van der Waals surface area contributed by atoms with Gasteiger partial charge in [-0.25, -0.2) is 4.98 Å². The average molecular weight is 335 g/mol. The van der Waals surface area contributed by atoms with E-state index < -0.39 is 0 Å². The largest absolute Gasteiger partial charge is 0.356 e. The number of aryl methyl sites for hydroxylation is 3. The number of hydrogen-bond acceptors (Lipinski definition) is 2. The highest BCUT2D eigenvalue weighted by molar-refractivity contribution is 5.75. The minimum Gasteiger partial charge on any atom is -0.356 e. The van der Waals surface area contributed by atoms with E-state index in [2.05, 4.69) is 45.9 Å². The summed E-state index contributed by atoms with van der Waals surface area (Å²) in [7, 11) is 0. The molecule has 4 nitrogen and oxygen atoms in total. The molecular weight excluding hydrogens is 310 g/mol. The quantitative estimate of drug-likeness (QED) is 0.638. The molecule has 0 saturated heterocycles. The van der Waals surface area contributed by atoms with Gasteiger partial charge in [0.1, 0.15) is 5.82 Å². The molecule has 0 fully saturated rings. The SMILES string of the molecule is Cc1ccccc1CCCC(=O)NCCCc1ncc2ccccn12. The van der Waals surface area contributed by atoms with Crippen LogP contribution < -0.4 is 5.32 Å². The second kappa shape index (κ2) is 8.47. The molecule has 0 aliphatic rings. The number of hydrogen-bond donors (Lipinski definition) is 1. The lowest BCUT2D eigenvalue weighted by molar-refractivity contribution is -0.121. The van der Waals surface area contributed by atoms with Crippen molar-refractivity contribution in [2.24, 2.45) is 0 Å². The van der Waals surface area contributed by atoms with Gasteiger partial charge in [0.15, 0.2) is 0 Å². The van der Waals surface area contributed by atoms with Gasteiger partial charge in [-0.3, -0.25) is 4.79 Å². The fraction of sp³-hybridized carbons (Fsp3) is 0.333. The lowest BCUT2D eigenvalue weighted by Gasteiger charge is -2.07. The highest BCUT2D eigenvalue weighted by Crippen LogP contribution is 2.11. The molecule has 0 aliphatic heterocycles. The van der Waals surface area contributed by atoms with Gasteiger partial charge in [0.2, 0.25) is 5.91 Å². The van der Waals surface area contributed by atoms with Gasteiger partial charge < -0.3 is 9.72 Å². The summed E-state index contributed by atoms with van der Waals surface area (Å²) in [6.45, 7) is 2.82. The van der Waals surface area contributed by atoms with Crippen LogP contribution in [-0.4, -0.2) is 21.8 Å². The number of imidazole rings is 1.